The first-order valence-electron chi connectivity index (χ1n) is 9.07. The van der Waals surface area contributed by atoms with Crippen molar-refractivity contribution in [2.24, 2.45) is 0 Å². The van der Waals surface area contributed by atoms with Crippen LogP contribution < -0.4 is 5.32 Å². The molecular formula is C23H19BrN2O2. The molecule has 3 aromatic carbocycles. The van der Waals surface area contributed by atoms with Crippen molar-refractivity contribution in [1.29, 1.82) is 0 Å². The molecule has 1 heterocycles. The van der Waals surface area contributed by atoms with Gasteiger partial charge in [-0.25, -0.2) is 4.98 Å². The number of hydrogen-bond donors (Lipinski definition) is 1. The van der Waals surface area contributed by atoms with E-state index in [-0.39, 0.29) is 5.91 Å². The van der Waals surface area contributed by atoms with Crippen LogP contribution in [0.25, 0.3) is 22.6 Å². The number of fused-ring (bicyclic) bond motifs is 1. The van der Waals surface area contributed by atoms with E-state index in [2.05, 4.69) is 40.1 Å². The number of oxazole rings is 1. The lowest BCUT2D eigenvalue weighted by atomic mass is 10.0. The Bertz CT molecular complexity index is 1150. The molecule has 0 radical (unpaired) electrons. The second kappa shape index (κ2) is 7.60. The van der Waals surface area contributed by atoms with Crippen LogP contribution >= 0.6 is 15.9 Å². The average molecular weight is 435 g/mol. The number of aromatic nitrogens is 1. The molecule has 0 aliphatic heterocycles. The highest BCUT2D eigenvalue weighted by atomic mass is 79.9. The van der Waals surface area contributed by atoms with E-state index >= 15 is 0 Å². The van der Waals surface area contributed by atoms with Gasteiger partial charge in [-0.15, -0.1) is 0 Å². The van der Waals surface area contributed by atoms with E-state index in [4.69, 9.17) is 4.42 Å². The van der Waals surface area contributed by atoms with E-state index < -0.39 is 0 Å². The normalized spacial score (nSPS) is 11.1. The number of benzene rings is 3. The van der Waals surface area contributed by atoms with Crippen LogP contribution in [0.4, 0.5) is 5.69 Å². The van der Waals surface area contributed by atoms with Crippen LogP contribution in [-0.4, -0.2) is 10.9 Å². The van der Waals surface area contributed by atoms with Crippen LogP contribution in [-0.2, 0) is 0 Å². The highest BCUT2D eigenvalue weighted by Gasteiger charge is 2.11. The fraction of sp³-hybridized carbons (Fsp3) is 0.130. The Labute approximate surface area is 171 Å². The second-order valence-electron chi connectivity index (χ2n) is 6.94. The van der Waals surface area contributed by atoms with Crippen LogP contribution in [0.5, 0.6) is 0 Å². The SMILES string of the molecule is CC(C)c1ccc(C(=O)Nc2ccc3oc(-c4cccc(Br)c4)nc3c2)cc1. The molecule has 0 atom stereocenters. The molecule has 140 valence electrons. The van der Waals surface area contributed by atoms with Crippen LogP contribution in [0, 0.1) is 0 Å². The van der Waals surface area contributed by atoms with Crippen LogP contribution in [0.2, 0.25) is 0 Å². The third kappa shape index (κ3) is 3.85. The van der Waals surface area contributed by atoms with Gasteiger partial charge < -0.3 is 9.73 Å². The predicted molar refractivity (Wildman–Crippen MR) is 116 cm³/mol. The summed E-state index contributed by atoms with van der Waals surface area (Å²) in [4.78, 5) is 17.1. The van der Waals surface area contributed by atoms with Gasteiger partial charge in [-0.2, -0.15) is 0 Å². The molecule has 28 heavy (non-hydrogen) atoms. The molecule has 0 saturated heterocycles. The molecule has 1 amide bonds. The monoisotopic (exact) mass is 434 g/mol. The van der Waals surface area contributed by atoms with Crippen molar-refractivity contribution in [3.05, 3.63) is 82.3 Å². The number of nitrogens with one attached hydrogen (secondary N) is 1. The quantitative estimate of drug-likeness (QED) is 0.391. The Hall–Kier alpha value is -2.92. The lowest BCUT2D eigenvalue weighted by Gasteiger charge is -2.08. The highest BCUT2D eigenvalue weighted by molar-refractivity contribution is 9.10. The second-order valence-corrected chi connectivity index (χ2v) is 7.86. The van der Waals surface area contributed by atoms with Crippen molar-refractivity contribution in [1.82, 2.24) is 4.98 Å². The Balaban J connectivity index is 1.56. The van der Waals surface area contributed by atoms with Gasteiger partial charge in [-0.05, 0) is 60.0 Å². The molecule has 4 rings (SSSR count). The molecule has 0 bridgehead atoms. The summed E-state index contributed by atoms with van der Waals surface area (Å²) in [6.45, 7) is 4.26. The summed E-state index contributed by atoms with van der Waals surface area (Å²) < 4.78 is 6.81. The average Bonchev–Trinajstić information content (AvgIpc) is 3.11. The number of rotatable bonds is 4. The zero-order chi connectivity index (χ0) is 19.7. The summed E-state index contributed by atoms with van der Waals surface area (Å²) in [7, 11) is 0. The van der Waals surface area contributed by atoms with E-state index in [1.165, 1.54) is 5.56 Å². The van der Waals surface area contributed by atoms with E-state index in [1.807, 2.05) is 66.7 Å². The minimum absolute atomic E-state index is 0.148. The summed E-state index contributed by atoms with van der Waals surface area (Å²) in [6.07, 6.45) is 0. The van der Waals surface area contributed by atoms with Gasteiger partial charge in [-0.1, -0.05) is 48.0 Å². The molecule has 4 nitrogen and oxygen atoms in total. The molecule has 0 saturated carbocycles. The summed E-state index contributed by atoms with van der Waals surface area (Å²) in [6, 6.07) is 20.9. The van der Waals surface area contributed by atoms with Crippen molar-refractivity contribution in [3.63, 3.8) is 0 Å². The minimum atomic E-state index is -0.148. The number of hydrogen-bond acceptors (Lipinski definition) is 3. The number of halogens is 1. The molecule has 0 spiro atoms. The summed E-state index contributed by atoms with van der Waals surface area (Å²) in [5.41, 5.74) is 4.78. The molecule has 5 heteroatoms. The first-order chi connectivity index (χ1) is 13.5. The molecule has 0 aliphatic carbocycles. The predicted octanol–water partition coefficient (Wildman–Crippen LogP) is 6.63. The van der Waals surface area contributed by atoms with E-state index in [0.717, 1.165) is 10.0 Å². The van der Waals surface area contributed by atoms with Gasteiger partial charge in [0.05, 0.1) is 0 Å². The van der Waals surface area contributed by atoms with Crippen molar-refractivity contribution in [2.45, 2.75) is 19.8 Å². The Morgan fingerprint density at radius 1 is 1.04 bits per heavy atom. The molecule has 1 N–H and O–H groups in total. The number of anilines is 1. The zero-order valence-electron chi connectivity index (χ0n) is 15.6. The molecule has 0 unspecified atom stereocenters. The van der Waals surface area contributed by atoms with Gasteiger partial charge in [0.1, 0.15) is 5.52 Å². The molecule has 1 aromatic heterocycles. The fourth-order valence-electron chi connectivity index (χ4n) is 2.97. The topological polar surface area (TPSA) is 55.1 Å². The summed E-state index contributed by atoms with van der Waals surface area (Å²) in [5.74, 6) is 0.834. The Morgan fingerprint density at radius 2 is 1.82 bits per heavy atom. The van der Waals surface area contributed by atoms with E-state index in [9.17, 15) is 4.79 Å². The Kier molecular flexibility index (Phi) is 5.01. The van der Waals surface area contributed by atoms with Gasteiger partial charge in [0.25, 0.3) is 5.91 Å². The van der Waals surface area contributed by atoms with Gasteiger partial charge in [0.2, 0.25) is 5.89 Å². The van der Waals surface area contributed by atoms with Gasteiger partial charge in [0.15, 0.2) is 5.58 Å². The summed E-state index contributed by atoms with van der Waals surface area (Å²) >= 11 is 3.46. The van der Waals surface area contributed by atoms with Crippen molar-refractivity contribution < 1.29 is 9.21 Å². The fourth-order valence-corrected chi connectivity index (χ4v) is 3.37. The maximum atomic E-state index is 12.5. The number of carbonyl (C=O) groups is 1. The molecule has 4 aromatic rings. The standard InChI is InChI=1S/C23H19BrN2O2/c1-14(2)15-6-8-16(9-7-15)22(27)25-19-10-11-21-20(13-19)26-23(28-21)17-4-3-5-18(24)12-17/h3-14H,1-2H3,(H,25,27). The third-order valence-corrected chi connectivity index (χ3v) is 5.05. The molecule has 0 fully saturated rings. The Morgan fingerprint density at radius 3 is 2.54 bits per heavy atom. The van der Waals surface area contributed by atoms with Gasteiger partial charge >= 0.3 is 0 Å². The van der Waals surface area contributed by atoms with E-state index in [1.54, 1.807) is 0 Å². The summed E-state index contributed by atoms with van der Waals surface area (Å²) in [5, 5.41) is 2.93. The zero-order valence-corrected chi connectivity index (χ0v) is 17.2. The largest absolute Gasteiger partial charge is 0.436 e. The first-order valence-corrected chi connectivity index (χ1v) is 9.87. The lowest BCUT2D eigenvalue weighted by Crippen LogP contribution is -2.11. The van der Waals surface area contributed by atoms with Crippen molar-refractivity contribution >= 4 is 38.6 Å². The van der Waals surface area contributed by atoms with Crippen LogP contribution in [0.3, 0.4) is 0 Å². The number of nitrogens with zero attached hydrogens (tertiary/aromatic N) is 1. The van der Waals surface area contributed by atoms with E-state index in [0.29, 0.717) is 34.2 Å². The maximum absolute atomic E-state index is 12.5. The van der Waals surface area contributed by atoms with Crippen molar-refractivity contribution in [3.8, 4) is 11.5 Å². The lowest BCUT2D eigenvalue weighted by molar-refractivity contribution is 0.102. The minimum Gasteiger partial charge on any atom is -0.436 e. The maximum Gasteiger partial charge on any atom is 0.255 e. The molecule has 0 aliphatic rings. The molecular weight excluding hydrogens is 416 g/mol. The van der Waals surface area contributed by atoms with Crippen LogP contribution in [0.15, 0.2) is 75.6 Å². The van der Waals surface area contributed by atoms with Crippen LogP contribution in [0.1, 0.15) is 35.7 Å². The third-order valence-electron chi connectivity index (χ3n) is 4.56. The van der Waals surface area contributed by atoms with Gasteiger partial charge in [-0.3, -0.25) is 4.79 Å². The first kappa shape index (κ1) is 18.4. The number of amides is 1. The smallest absolute Gasteiger partial charge is 0.255 e. The van der Waals surface area contributed by atoms with Gasteiger partial charge in [0, 0.05) is 21.3 Å². The number of carbonyl (C=O) groups excluding carboxylic acids is 1. The highest BCUT2D eigenvalue weighted by Crippen LogP contribution is 2.28. The van der Waals surface area contributed by atoms with Crippen molar-refractivity contribution in [2.75, 3.05) is 5.32 Å².